The largest absolute Gasteiger partial charge is 0.380 e. The Bertz CT molecular complexity index is 365. The molecule has 0 unspecified atom stereocenters. The van der Waals surface area contributed by atoms with Crippen LogP contribution in [0.15, 0.2) is 18.2 Å². The van der Waals surface area contributed by atoms with E-state index >= 15 is 0 Å². The molecule has 0 bridgehead atoms. The number of nitrogens with two attached hydrogens (primary N) is 1. The van der Waals surface area contributed by atoms with Crippen molar-refractivity contribution in [2.24, 2.45) is 5.73 Å². The third-order valence-corrected chi connectivity index (χ3v) is 1.70. The van der Waals surface area contributed by atoms with Gasteiger partial charge >= 0.3 is 0 Å². The van der Waals surface area contributed by atoms with Gasteiger partial charge in [0, 0.05) is 12.7 Å². The third kappa shape index (κ3) is 2.84. The molecule has 0 heterocycles. The minimum absolute atomic E-state index is 0.267. The highest BCUT2D eigenvalue weighted by Crippen LogP contribution is 2.11. The molecule has 0 spiro atoms. The normalized spacial score (nSPS) is 9.36. The first kappa shape index (κ1) is 10.7. The molecule has 2 N–H and O–H groups in total. The van der Waals surface area contributed by atoms with E-state index in [1.807, 2.05) is 0 Å². The lowest BCUT2D eigenvalue weighted by molar-refractivity contribution is 0.184. The Kier molecular flexibility index (Phi) is 4.11. The standard InChI is InChI=1S/C11H12FNO/c1-14-8-10-4-5-11(12)7-9(10)3-2-6-13/h4-5,7H,6,8,13H2,1H3. The molecule has 0 aromatic heterocycles. The van der Waals surface area contributed by atoms with Crippen molar-refractivity contribution in [2.45, 2.75) is 6.61 Å². The maximum atomic E-state index is 12.9. The Morgan fingerprint density at radius 3 is 2.93 bits per heavy atom. The quantitative estimate of drug-likeness (QED) is 0.718. The Morgan fingerprint density at radius 2 is 2.29 bits per heavy atom. The molecule has 0 saturated heterocycles. The summed E-state index contributed by atoms with van der Waals surface area (Å²) in [5.41, 5.74) is 6.75. The predicted octanol–water partition coefficient (Wildman–Crippen LogP) is 1.28. The average Bonchev–Trinajstić information content (AvgIpc) is 2.18. The molecule has 1 rings (SSSR count). The fourth-order valence-corrected chi connectivity index (χ4v) is 1.09. The van der Waals surface area contributed by atoms with Crippen LogP contribution in [0.1, 0.15) is 11.1 Å². The fraction of sp³-hybridized carbons (Fsp3) is 0.273. The Labute approximate surface area is 82.9 Å². The molecule has 14 heavy (non-hydrogen) atoms. The zero-order valence-corrected chi connectivity index (χ0v) is 8.01. The van der Waals surface area contributed by atoms with Crippen LogP contribution in [0, 0.1) is 17.7 Å². The van der Waals surface area contributed by atoms with E-state index < -0.39 is 0 Å². The highest BCUT2D eigenvalue weighted by atomic mass is 19.1. The van der Waals surface area contributed by atoms with Crippen LogP contribution in [-0.4, -0.2) is 13.7 Å². The van der Waals surface area contributed by atoms with Gasteiger partial charge in [0.1, 0.15) is 5.82 Å². The number of hydrogen-bond donors (Lipinski definition) is 1. The first-order valence-electron chi connectivity index (χ1n) is 4.24. The first-order valence-corrected chi connectivity index (χ1v) is 4.24. The number of halogens is 1. The van der Waals surface area contributed by atoms with Gasteiger partial charge in [0.05, 0.1) is 13.2 Å². The number of rotatable bonds is 2. The molecular weight excluding hydrogens is 181 g/mol. The van der Waals surface area contributed by atoms with Crippen LogP contribution in [-0.2, 0) is 11.3 Å². The van der Waals surface area contributed by atoms with Gasteiger partial charge in [0.25, 0.3) is 0 Å². The maximum absolute atomic E-state index is 12.9. The van der Waals surface area contributed by atoms with Crippen LogP contribution in [0.4, 0.5) is 4.39 Å². The minimum Gasteiger partial charge on any atom is -0.380 e. The topological polar surface area (TPSA) is 35.2 Å². The summed E-state index contributed by atoms with van der Waals surface area (Å²) in [6, 6.07) is 4.44. The maximum Gasteiger partial charge on any atom is 0.124 e. The molecule has 3 heteroatoms. The van der Waals surface area contributed by atoms with Gasteiger partial charge in [-0.1, -0.05) is 17.9 Å². The zero-order valence-electron chi connectivity index (χ0n) is 8.01. The van der Waals surface area contributed by atoms with Crippen LogP contribution in [0.5, 0.6) is 0 Å². The summed E-state index contributed by atoms with van der Waals surface area (Å²) >= 11 is 0. The van der Waals surface area contributed by atoms with Gasteiger partial charge in [-0.15, -0.1) is 0 Å². The Hall–Kier alpha value is -1.37. The van der Waals surface area contributed by atoms with E-state index in [2.05, 4.69) is 11.8 Å². The van der Waals surface area contributed by atoms with Crippen LogP contribution >= 0.6 is 0 Å². The van der Waals surface area contributed by atoms with Gasteiger partial charge in [-0.3, -0.25) is 0 Å². The van der Waals surface area contributed by atoms with Crippen molar-refractivity contribution in [3.05, 3.63) is 35.1 Å². The predicted molar refractivity (Wildman–Crippen MR) is 53.0 cm³/mol. The van der Waals surface area contributed by atoms with E-state index in [1.54, 1.807) is 13.2 Å². The molecular formula is C11H12FNO. The molecule has 74 valence electrons. The molecule has 0 amide bonds. The van der Waals surface area contributed by atoms with E-state index in [0.29, 0.717) is 12.2 Å². The van der Waals surface area contributed by atoms with E-state index in [-0.39, 0.29) is 12.4 Å². The minimum atomic E-state index is -0.300. The second kappa shape index (κ2) is 5.38. The van der Waals surface area contributed by atoms with Crippen molar-refractivity contribution in [3.8, 4) is 11.8 Å². The van der Waals surface area contributed by atoms with Gasteiger partial charge in [-0.25, -0.2) is 4.39 Å². The molecule has 0 aliphatic rings. The second-order valence-electron chi connectivity index (χ2n) is 2.74. The molecule has 0 saturated carbocycles. The number of methoxy groups -OCH3 is 1. The molecule has 1 aromatic carbocycles. The number of hydrogen-bond acceptors (Lipinski definition) is 2. The van der Waals surface area contributed by atoms with Crippen LogP contribution in [0.25, 0.3) is 0 Å². The Morgan fingerprint density at radius 1 is 1.50 bits per heavy atom. The van der Waals surface area contributed by atoms with Crippen molar-refractivity contribution in [1.82, 2.24) is 0 Å². The molecule has 0 radical (unpaired) electrons. The van der Waals surface area contributed by atoms with E-state index in [4.69, 9.17) is 10.5 Å². The SMILES string of the molecule is COCc1ccc(F)cc1C#CCN. The van der Waals surface area contributed by atoms with Crippen molar-refractivity contribution in [1.29, 1.82) is 0 Å². The summed E-state index contributed by atoms with van der Waals surface area (Å²) in [6.45, 7) is 0.692. The van der Waals surface area contributed by atoms with Gasteiger partial charge in [0.2, 0.25) is 0 Å². The van der Waals surface area contributed by atoms with Crippen molar-refractivity contribution < 1.29 is 9.13 Å². The molecule has 1 aromatic rings. The third-order valence-electron chi connectivity index (χ3n) is 1.70. The van der Waals surface area contributed by atoms with E-state index in [9.17, 15) is 4.39 Å². The lowest BCUT2D eigenvalue weighted by Gasteiger charge is -2.02. The van der Waals surface area contributed by atoms with Crippen molar-refractivity contribution in [3.63, 3.8) is 0 Å². The molecule has 0 aliphatic heterocycles. The van der Waals surface area contributed by atoms with Crippen molar-refractivity contribution >= 4 is 0 Å². The Balaban J connectivity index is 3.02. The number of ether oxygens (including phenoxy) is 1. The summed E-state index contributed by atoms with van der Waals surface area (Å²) in [5, 5.41) is 0. The second-order valence-corrected chi connectivity index (χ2v) is 2.74. The fourth-order valence-electron chi connectivity index (χ4n) is 1.09. The van der Waals surface area contributed by atoms with Gasteiger partial charge in [-0.2, -0.15) is 0 Å². The summed E-state index contributed by atoms with van der Waals surface area (Å²) in [4.78, 5) is 0. The molecule has 0 fully saturated rings. The average molecular weight is 193 g/mol. The zero-order chi connectivity index (χ0) is 10.4. The van der Waals surface area contributed by atoms with Crippen LogP contribution in [0.2, 0.25) is 0 Å². The van der Waals surface area contributed by atoms with E-state index in [1.165, 1.54) is 12.1 Å². The van der Waals surface area contributed by atoms with Gasteiger partial charge < -0.3 is 10.5 Å². The summed E-state index contributed by atoms with van der Waals surface area (Å²) < 4.78 is 17.8. The van der Waals surface area contributed by atoms with Gasteiger partial charge in [0.15, 0.2) is 0 Å². The van der Waals surface area contributed by atoms with Crippen LogP contribution in [0.3, 0.4) is 0 Å². The highest BCUT2D eigenvalue weighted by Gasteiger charge is 2.00. The number of benzene rings is 1. The first-order chi connectivity index (χ1) is 6.77. The van der Waals surface area contributed by atoms with Gasteiger partial charge in [-0.05, 0) is 17.7 Å². The summed E-state index contributed by atoms with van der Waals surface area (Å²) in [7, 11) is 1.59. The van der Waals surface area contributed by atoms with Crippen LogP contribution < -0.4 is 5.73 Å². The molecule has 0 aliphatic carbocycles. The highest BCUT2D eigenvalue weighted by molar-refractivity contribution is 5.41. The monoisotopic (exact) mass is 193 g/mol. The smallest absolute Gasteiger partial charge is 0.124 e. The molecule has 0 atom stereocenters. The molecule has 2 nitrogen and oxygen atoms in total. The summed E-state index contributed by atoms with van der Waals surface area (Å²) in [5.74, 6) is 5.19. The summed E-state index contributed by atoms with van der Waals surface area (Å²) in [6.07, 6.45) is 0. The van der Waals surface area contributed by atoms with E-state index in [0.717, 1.165) is 5.56 Å². The lowest BCUT2D eigenvalue weighted by atomic mass is 10.1. The van der Waals surface area contributed by atoms with Crippen molar-refractivity contribution in [2.75, 3.05) is 13.7 Å². The lowest BCUT2D eigenvalue weighted by Crippen LogP contribution is -1.96.